The smallest absolute Gasteiger partial charge is 0.323 e. The van der Waals surface area contributed by atoms with Crippen molar-refractivity contribution in [3.8, 4) is 0 Å². The molecule has 0 radical (unpaired) electrons. The molecule has 8 heteroatoms. The highest BCUT2D eigenvalue weighted by Gasteiger charge is 2.27. The number of hydrogen-bond acceptors (Lipinski definition) is 4. The summed E-state index contributed by atoms with van der Waals surface area (Å²) in [5.41, 5.74) is 3.99. The molecule has 2 amide bonds. The molecule has 2 aliphatic heterocycles. The molecule has 0 saturated carbocycles. The van der Waals surface area contributed by atoms with E-state index in [9.17, 15) is 9.90 Å². The van der Waals surface area contributed by atoms with E-state index in [1.807, 2.05) is 30.3 Å². The maximum absolute atomic E-state index is 12.3. The van der Waals surface area contributed by atoms with Gasteiger partial charge in [-0.15, -0.1) is 0 Å². The molecule has 0 spiro atoms. The second kappa shape index (κ2) is 9.87. The minimum Gasteiger partial charge on any atom is -0.388 e. The van der Waals surface area contributed by atoms with Crippen LogP contribution >= 0.6 is 23.2 Å². The van der Waals surface area contributed by atoms with Gasteiger partial charge in [0.2, 0.25) is 0 Å². The largest absolute Gasteiger partial charge is 0.388 e. The van der Waals surface area contributed by atoms with Gasteiger partial charge >= 0.3 is 6.03 Å². The van der Waals surface area contributed by atoms with Crippen LogP contribution in [0.1, 0.15) is 23.7 Å². The summed E-state index contributed by atoms with van der Waals surface area (Å²) in [5, 5.41) is 12.0. The maximum Gasteiger partial charge on any atom is 0.323 e. The number of rotatable bonds is 5. The van der Waals surface area contributed by atoms with Crippen LogP contribution in [0.15, 0.2) is 36.4 Å². The number of hydrogen-bond donors (Lipinski definition) is 1. The van der Waals surface area contributed by atoms with E-state index < -0.39 is 6.10 Å². The zero-order valence-corrected chi connectivity index (χ0v) is 20.1. The molecule has 2 heterocycles. The molecule has 1 fully saturated rings. The van der Waals surface area contributed by atoms with E-state index in [0.29, 0.717) is 23.0 Å². The Bertz CT molecular complexity index is 976. The summed E-state index contributed by atoms with van der Waals surface area (Å²) in [4.78, 5) is 20.4. The third-order valence-corrected chi connectivity index (χ3v) is 7.17. The highest BCUT2D eigenvalue weighted by atomic mass is 35.5. The average Bonchev–Trinajstić information content (AvgIpc) is 3.22. The quantitative estimate of drug-likeness (QED) is 0.699. The summed E-state index contributed by atoms with van der Waals surface area (Å²) >= 11 is 12.5. The fourth-order valence-electron chi connectivity index (χ4n) is 4.49. The van der Waals surface area contributed by atoms with Crippen molar-refractivity contribution in [3.63, 3.8) is 0 Å². The number of anilines is 2. The van der Waals surface area contributed by atoms with Gasteiger partial charge in [-0.1, -0.05) is 41.4 Å². The van der Waals surface area contributed by atoms with E-state index in [-0.39, 0.29) is 6.03 Å². The first-order chi connectivity index (χ1) is 15.3. The Labute approximate surface area is 199 Å². The molecular weight excluding hydrogens is 447 g/mol. The molecule has 2 aliphatic rings. The Morgan fingerprint density at radius 3 is 2.53 bits per heavy atom. The zero-order valence-electron chi connectivity index (χ0n) is 18.6. The lowest BCUT2D eigenvalue weighted by atomic mass is 10.0. The van der Waals surface area contributed by atoms with Crippen molar-refractivity contribution >= 4 is 40.6 Å². The normalized spacial score (nSPS) is 17.4. The molecule has 0 aliphatic carbocycles. The number of piperazine rings is 1. The van der Waals surface area contributed by atoms with Crippen molar-refractivity contribution < 1.29 is 9.90 Å². The Kier molecular flexibility index (Phi) is 7.15. The summed E-state index contributed by atoms with van der Waals surface area (Å²) < 4.78 is 0. The van der Waals surface area contributed by atoms with Crippen molar-refractivity contribution in [2.45, 2.75) is 18.9 Å². The number of halogens is 2. The van der Waals surface area contributed by atoms with Gasteiger partial charge in [0.25, 0.3) is 0 Å². The number of carbonyl (C=O) groups excluding carboxylic acids is 1. The molecule has 0 bridgehead atoms. The summed E-state index contributed by atoms with van der Waals surface area (Å²) in [7, 11) is 3.53. The number of fused-ring (bicyclic) bond motifs is 1. The molecule has 1 saturated heterocycles. The molecule has 0 aromatic heterocycles. The Morgan fingerprint density at radius 2 is 1.81 bits per heavy atom. The van der Waals surface area contributed by atoms with Crippen LogP contribution in [0, 0.1) is 0 Å². The van der Waals surface area contributed by atoms with Gasteiger partial charge in [-0.25, -0.2) is 4.79 Å². The summed E-state index contributed by atoms with van der Waals surface area (Å²) in [6.45, 7) is 5.12. The van der Waals surface area contributed by atoms with Gasteiger partial charge in [0.05, 0.1) is 21.8 Å². The monoisotopic (exact) mass is 476 g/mol. The predicted octanol–water partition coefficient (Wildman–Crippen LogP) is 4.28. The minimum absolute atomic E-state index is 0.00440. The lowest BCUT2D eigenvalue weighted by Gasteiger charge is -2.36. The van der Waals surface area contributed by atoms with E-state index in [1.165, 1.54) is 0 Å². The van der Waals surface area contributed by atoms with Crippen molar-refractivity contribution in [3.05, 3.63) is 57.6 Å². The fourth-order valence-corrected chi connectivity index (χ4v) is 4.90. The summed E-state index contributed by atoms with van der Waals surface area (Å²) in [6, 6.07) is 11.7. The fraction of sp³-hybridized carbons (Fsp3) is 0.458. The number of carbonyl (C=O) groups is 1. The highest BCUT2D eigenvalue weighted by molar-refractivity contribution is 6.43. The number of aliphatic hydroxyl groups excluding tert-OH is 1. The second-order valence-corrected chi connectivity index (χ2v) is 9.46. The second-order valence-electron chi connectivity index (χ2n) is 8.67. The van der Waals surface area contributed by atoms with Gasteiger partial charge in [0.1, 0.15) is 0 Å². The van der Waals surface area contributed by atoms with E-state index >= 15 is 0 Å². The van der Waals surface area contributed by atoms with Crippen LogP contribution in [0.3, 0.4) is 0 Å². The number of benzene rings is 2. The SMILES string of the molecule is CN(C)C(=O)N1CCc2cc(C(O)CCN3CCN(c4cccc(Cl)c4Cl)CC3)ccc21. The van der Waals surface area contributed by atoms with Crippen molar-refractivity contribution in [2.24, 2.45) is 0 Å². The first kappa shape index (κ1) is 23.2. The van der Waals surface area contributed by atoms with Gasteiger partial charge in [0, 0.05) is 59.1 Å². The molecule has 1 N–H and O–H groups in total. The van der Waals surface area contributed by atoms with Gasteiger partial charge < -0.3 is 14.9 Å². The standard InChI is InChI=1S/C24H30Cl2N4O2/c1-27(2)24(32)30-11-8-17-16-18(6-7-20(17)30)22(31)9-10-28-12-14-29(15-13-28)21-5-3-4-19(25)23(21)26/h3-7,16,22,31H,8-15H2,1-2H3. The molecule has 1 unspecified atom stereocenters. The average molecular weight is 477 g/mol. The van der Waals surface area contributed by atoms with Crippen LogP contribution in [0.4, 0.5) is 16.2 Å². The Balaban J connectivity index is 1.30. The predicted molar refractivity (Wildman–Crippen MR) is 131 cm³/mol. The van der Waals surface area contributed by atoms with E-state index in [1.54, 1.807) is 23.9 Å². The Hall–Kier alpha value is -1.99. The van der Waals surface area contributed by atoms with Gasteiger partial charge in [-0.3, -0.25) is 9.80 Å². The summed E-state index contributed by atoms with van der Waals surface area (Å²) in [6.07, 6.45) is 0.986. The van der Waals surface area contributed by atoms with E-state index in [4.69, 9.17) is 23.2 Å². The molecule has 6 nitrogen and oxygen atoms in total. The molecule has 2 aromatic rings. The third-order valence-electron chi connectivity index (χ3n) is 6.36. The minimum atomic E-state index is -0.515. The number of nitrogens with zero attached hydrogens (tertiary/aromatic N) is 4. The van der Waals surface area contributed by atoms with Crippen LogP contribution in [0.5, 0.6) is 0 Å². The maximum atomic E-state index is 12.3. The zero-order chi connectivity index (χ0) is 22.8. The molecule has 4 rings (SSSR count). The van der Waals surface area contributed by atoms with Crippen LogP contribution in [-0.4, -0.2) is 74.3 Å². The number of amides is 2. The summed E-state index contributed by atoms with van der Waals surface area (Å²) in [5.74, 6) is 0. The van der Waals surface area contributed by atoms with E-state index in [0.717, 1.165) is 61.6 Å². The van der Waals surface area contributed by atoms with Crippen molar-refractivity contribution in [1.82, 2.24) is 9.80 Å². The van der Waals surface area contributed by atoms with Crippen LogP contribution in [0.2, 0.25) is 10.0 Å². The van der Waals surface area contributed by atoms with Crippen molar-refractivity contribution in [1.29, 1.82) is 0 Å². The molecule has 1 atom stereocenters. The highest BCUT2D eigenvalue weighted by Crippen LogP contribution is 2.34. The molecular formula is C24H30Cl2N4O2. The van der Waals surface area contributed by atoms with Crippen LogP contribution < -0.4 is 9.80 Å². The van der Waals surface area contributed by atoms with Crippen LogP contribution in [0.25, 0.3) is 0 Å². The molecule has 172 valence electrons. The van der Waals surface area contributed by atoms with Gasteiger partial charge in [0.15, 0.2) is 0 Å². The van der Waals surface area contributed by atoms with E-state index in [2.05, 4.69) is 15.9 Å². The lowest BCUT2D eigenvalue weighted by molar-refractivity contribution is 0.139. The van der Waals surface area contributed by atoms with Gasteiger partial charge in [-0.2, -0.15) is 0 Å². The first-order valence-corrected chi connectivity index (χ1v) is 11.8. The topological polar surface area (TPSA) is 50.3 Å². The first-order valence-electron chi connectivity index (χ1n) is 11.1. The molecule has 2 aromatic carbocycles. The van der Waals surface area contributed by atoms with Crippen molar-refractivity contribution in [2.75, 3.05) is 63.2 Å². The Morgan fingerprint density at radius 1 is 1.06 bits per heavy atom. The number of urea groups is 1. The number of aliphatic hydroxyl groups is 1. The molecule has 32 heavy (non-hydrogen) atoms. The van der Waals surface area contributed by atoms with Gasteiger partial charge in [-0.05, 0) is 42.2 Å². The van der Waals surface area contributed by atoms with Crippen LogP contribution in [-0.2, 0) is 6.42 Å². The lowest BCUT2D eigenvalue weighted by Crippen LogP contribution is -2.46. The third kappa shape index (κ3) is 4.84.